The molecule has 0 aliphatic carbocycles. The van der Waals surface area contributed by atoms with Crippen molar-refractivity contribution >= 4 is 16.9 Å². The van der Waals surface area contributed by atoms with Gasteiger partial charge in [-0.3, -0.25) is 13.9 Å². The van der Waals surface area contributed by atoms with Crippen LogP contribution < -0.4 is 4.72 Å². The number of carboxylic acid groups (broad SMARTS) is 1. The summed E-state index contributed by atoms with van der Waals surface area (Å²) in [6.45, 7) is -0.147. The lowest BCUT2D eigenvalue weighted by Gasteiger charge is -2.38. The van der Waals surface area contributed by atoms with Gasteiger partial charge in [0, 0.05) is 6.42 Å². The van der Waals surface area contributed by atoms with Gasteiger partial charge < -0.3 is 10.2 Å². The van der Waals surface area contributed by atoms with E-state index >= 15 is 0 Å². The van der Waals surface area contributed by atoms with E-state index < -0.39 is 29.2 Å². The fourth-order valence-corrected chi connectivity index (χ4v) is 3.46. The molecule has 2 atom stereocenters. The number of nitrogens with zero attached hydrogens (tertiary/aromatic N) is 1. The number of aliphatic hydroxyl groups is 1. The minimum atomic E-state index is -3.45. The van der Waals surface area contributed by atoms with Crippen molar-refractivity contribution in [3.63, 3.8) is 0 Å². The van der Waals surface area contributed by atoms with Crippen LogP contribution in [0.25, 0.3) is 0 Å². The lowest BCUT2D eigenvalue weighted by atomic mass is 10.1. The van der Waals surface area contributed by atoms with Crippen molar-refractivity contribution in [1.82, 2.24) is 9.03 Å². The maximum atomic E-state index is 11.3. The van der Waals surface area contributed by atoms with Crippen LogP contribution in [0.15, 0.2) is 30.3 Å². The first kappa shape index (κ1) is 14.3. The van der Waals surface area contributed by atoms with Crippen LogP contribution in [0.4, 0.5) is 0 Å². The smallest absolute Gasteiger partial charge is 0.323 e. The first-order chi connectivity index (χ1) is 8.90. The van der Waals surface area contributed by atoms with E-state index in [9.17, 15) is 24.1 Å². The Labute approximate surface area is 112 Å². The predicted molar refractivity (Wildman–Crippen MR) is 70.3 cm³/mol. The third-order valence-corrected chi connectivity index (χ3v) is 4.52. The van der Waals surface area contributed by atoms with Crippen molar-refractivity contribution in [2.24, 2.45) is 0 Å². The van der Waals surface area contributed by atoms with Gasteiger partial charge in [-0.1, -0.05) is 41.3 Å². The molecule has 0 saturated carbocycles. The van der Waals surface area contributed by atoms with Crippen LogP contribution in [-0.4, -0.2) is 48.4 Å². The molecule has 0 radical (unpaired) electrons. The number of aliphatic hydroxyl groups excluding tert-OH is 1. The maximum absolute atomic E-state index is 11.3. The highest BCUT2D eigenvalue weighted by Crippen LogP contribution is 2.45. The number of benzene rings is 1. The van der Waals surface area contributed by atoms with E-state index in [0.717, 1.165) is 9.87 Å². The van der Waals surface area contributed by atoms with E-state index in [1.54, 1.807) is 24.3 Å². The van der Waals surface area contributed by atoms with Crippen LogP contribution in [0.2, 0.25) is 0 Å². The number of hydrogen-bond acceptors (Lipinski definition) is 6. The summed E-state index contributed by atoms with van der Waals surface area (Å²) in [6, 6.07) is 7.79. The Bertz CT molecular complexity index is 456. The highest BCUT2D eigenvalue weighted by molar-refractivity contribution is 8.20. The summed E-state index contributed by atoms with van der Waals surface area (Å²) in [6.07, 6.45) is -1.02. The number of carbonyl (C=O) groups is 1. The summed E-state index contributed by atoms with van der Waals surface area (Å²) in [4.78, 5) is 11.3. The van der Waals surface area contributed by atoms with Crippen LogP contribution >= 0.6 is 11.0 Å². The molecule has 1 fully saturated rings. The van der Waals surface area contributed by atoms with Gasteiger partial charge in [0.1, 0.15) is 12.3 Å². The largest absolute Gasteiger partial charge is 0.480 e. The van der Waals surface area contributed by atoms with Gasteiger partial charge in [-0.15, -0.1) is 0 Å². The van der Waals surface area contributed by atoms with Gasteiger partial charge in [0.05, 0.1) is 6.54 Å². The summed E-state index contributed by atoms with van der Waals surface area (Å²) in [5, 5.41) is 18.6. The fraction of sp³-hybridized carbons (Fsp3) is 0.364. The van der Waals surface area contributed by atoms with E-state index in [-0.39, 0.29) is 13.0 Å². The molecule has 1 saturated heterocycles. The molecule has 1 aromatic carbocycles. The number of rotatable bonds is 4. The zero-order chi connectivity index (χ0) is 14.0. The fourth-order valence-electron chi connectivity index (χ4n) is 2.02. The molecule has 1 aliphatic rings. The van der Waals surface area contributed by atoms with Gasteiger partial charge in [-0.05, 0) is 5.56 Å². The quantitative estimate of drug-likeness (QED) is 0.548. The lowest BCUT2D eigenvalue weighted by Crippen LogP contribution is -2.42. The Morgan fingerprint density at radius 3 is 2.53 bits per heavy atom. The highest BCUT2D eigenvalue weighted by atomic mass is 32.3. The molecule has 1 heterocycles. The molecule has 8 heteroatoms. The molecule has 5 N–H and O–H groups in total. The monoisotopic (exact) mass is 288 g/mol. The molecule has 2 unspecified atom stereocenters. The topological polar surface area (TPSA) is 113 Å². The number of carboxylic acids is 1. The van der Waals surface area contributed by atoms with Crippen LogP contribution in [-0.2, 0) is 11.2 Å². The summed E-state index contributed by atoms with van der Waals surface area (Å²) >= 11 is 0. The van der Waals surface area contributed by atoms with Crippen molar-refractivity contribution in [3.05, 3.63) is 35.9 Å². The van der Waals surface area contributed by atoms with E-state index in [4.69, 9.17) is 0 Å². The van der Waals surface area contributed by atoms with Crippen molar-refractivity contribution in [3.8, 4) is 0 Å². The molecule has 0 spiro atoms. The summed E-state index contributed by atoms with van der Waals surface area (Å²) in [5.74, 6) is -1.17. The third kappa shape index (κ3) is 3.24. The number of aliphatic carboxylic acids is 1. The average Bonchev–Trinajstić information content (AvgIpc) is 2.60. The Morgan fingerprint density at radius 2 is 2.05 bits per heavy atom. The molecule has 0 aromatic heterocycles. The van der Waals surface area contributed by atoms with Gasteiger partial charge >= 0.3 is 5.97 Å². The first-order valence-electron chi connectivity index (χ1n) is 5.67. The minimum Gasteiger partial charge on any atom is -0.480 e. The zero-order valence-electron chi connectivity index (χ0n) is 10.0. The Balaban J connectivity index is 2.19. The van der Waals surface area contributed by atoms with E-state index in [1.807, 2.05) is 6.07 Å². The Kier molecular flexibility index (Phi) is 4.09. The predicted octanol–water partition coefficient (Wildman–Crippen LogP) is 0.487. The van der Waals surface area contributed by atoms with Crippen molar-refractivity contribution in [2.45, 2.75) is 18.7 Å². The summed E-state index contributed by atoms with van der Waals surface area (Å²) < 4.78 is 22.7. The van der Waals surface area contributed by atoms with Crippen molar-refractivity contribution in [2.75, 3.05) is 6.54 Å². The molecular formula is C11H16N2O5S. The van der Waals surface area contributed by atoms with E-state index in [1.165, 1.54) is 0 Å². The first-order valence-corrected chi connectivity index (χ1v) is 7.17. The normalized spacial score (nSPS) is 25.9. The molecule has 0 amide bonds. The van der Waals surface area contributed by atoms with Crippen LogP contribution in [0.1, 0.15) is 5.56 Å². The standard InChI is InChI=1S/C11H16N2O5S/c14-10-7-13(19(17,18)12-10)9(11(15)16)6-8-4-2-1-3-5-8/h1-5,9-10,12,14,17-18H,6-7H2,(H,15,16). The molecule has 106 valence electrons. The second kappa shape index (κ2) is 5.45. The van der Waals surface area contributed by atoms with Crippen molar-refractivity contribution in [1.29, 1.82) is 0 Å². The van der Waals surface area contributed by atoms with E-state index in [2.05, 4.69) is 4.72 Å². The maximum Gasteiger partial charge on any atom is 0.323 e. The average molecular weight is 288 g/mol. The highest BCUT2D eigenvalue weighted by Gasteiger charge is 2.42. The van der Waals surface area contributed by atoms with Gasteiger partial charge in [0.25, 0.3) is 0 Å². The second-order valence-electron chi connectivity index (χ2n) is 4.30. The molecule has 1 aromatic rings. The number of nitrogens with one attached hydrogen (secondary N) is 1. The van der Waals surface area contributed by atoms with Crippen molar-refractivity contribution < 1.29 is 24.1 Å². The lowest BCUT2D eigenvalue weighted by molar-refractivity contribution is -0.141. The SMILES string of the molecule is O=C(O)C(Cc1ccccc1)N1CC(O)NS1(O)O. The second-order valence-corrected chi connectivity index (χ2v) is 6.04. The minimum absolute atomic E-state index is 0.125. The zero-order valence-corrected chi connectivity index (χ0v) is 10.8. The van der Waals surface area contributed by atoms with Gasteiger partial charge in [-0.2, -0.15) is 9.03 Å². The molecule has 1 aliphatic heterocycles. The summed E-state index contributed by atoms with van der Waals surface area (Å²) in [7, 11) is -3.45. The molecule has 0 bridgehead atoms. The Hall–Kier alpha value is -1.16. The molecule has 19 heavy (non-hydrogen) atoms. The van der Waals surface area contributed by atoms with Gasteiger partial charge in [0.2, 0.25) is 0 Å². The van der Waals surface area contributed by atoms with Crippen LogP contribution in [0.5, 0.6) is 0 Å². The number of hydrogen-bond donors (Lipinski definition) is 5. The molecule has 7 nitrogen and oxygen atoms in total. The summed E-state index contributed by atoms with van der Waals surface area (Å²) in [5.41, 5.74) is 0.770. The Morgan fingerprint density at radius 1 is 1.42 bits per heavy atom. The van der Waals surface area contributed by atoms with Crippen LogP contribution in [0.3, 0.4) is 0 Å². The number of β-amino-alcohol motifs (C(OH)–C–C–N with tert-alkyl or cyclic N) is 1. The molecular weight excluding hydrogens is 272 g/mol. The van der Waals surface area contributed by atoms with E-state index in [0.29, 0.717) is 0 Å². The van der Waals surface area contributed by atoms with Gasteiger partial charge in [-0.25, -0.2) is 0 Å². The van der Waals surface area contributed by atoms with Crippen LogP contribution in [0, 0.1) is 0 Å². The molecule has 2 rings (SSSR count). The van der Waals surface area contributed by atoms with Gasteiger partial charge in [0.15, 0.2) is 0 Å². The third-order valence-electron chi connectivity index (χ3n) is 2.88.